The third-order valence-electron chi connectivity index (χ3n) is 3.74. The van der Waals surface area contributed by atoms with E-state index in [4.69, 9.17) is 0 Å². The third kappa shape index (κ3) is 2.94. The summed E-state index contributed by atoms with van der Waals surface area (Å²) in [4.78, 5) is 20.2. The molecule has 1 amide bonds. The van der Waals surface area contributed by atoms with Gasteiger partial charge in [-0.25, -0.2) is 4.98 Å². The van der Waals surface area contributed by atoms with E-state index in [1.165, 1.54) is 11.3 Å². The SMILES string of the molecule is CC1CCCCN1C(=O)Cc1csc(-c2cccs2)n1. The lowest BCUT2D eigenvalue weighted by atomic mass is 10.0. The van der Waals surface area contributed by atoms with Crippen LogP contribution in [0.4, 0.5) is 0 Å². The molecule has 0 radical (unpaired) electrons. The van der Waals surface area contributed by atoms with Gasteiger partial charge in [-0.1, -0.05) is 6.07 Å². The minimum Gasteiger partial charge on any atom is -0.340 e. The summed E-state index contributed by atoms with van der Waals surface area (Å²) in [6.45, 7) is 3.05. The highest BCUT2D eigenvalue weighted by molar-refractivity contribution is 7.20. The second-order valence-corrected chi connectivity index (χ2v) is 7.04. The van der Waals surface area contributed by atoms with Crippen molar-refractivity contribution in [1.29, 1.82) is 0 Å². The van der Waals surface area contributed by atoms with Crippen molar-refractivity contribution in [2.45, 2.75) is 38.6 Å². The van der Waals surface area contributed by atoms with Crippen molar-refractivity contribution in [1.82, 2.24) is 9.88 Å². The molecular weight excluding hydrogens is 288 g/mol. The third-order valence-corrected chi connectivity index (χ3v) is 5.67. The van der Waals surface area contributed by atoms with Gasteiger partial charge in [0.15, 0.2) is 0 Å². The molecule has 1 aliphatic heterocycles. The number of piperidine rings is 1. The van der Waals surface area contributed by atoms with Gasteiger partial charge in [0.25, 0.3) is 0 Å². The standard InChI is InChI=1S/C15H18N2OS2/c1-11-5-2-3-7-17(11)14(18)9-12-10-20-15(16-12)13-6-4-8-19-13/h4,6,8,10-11H,2-3,5,7,9H2,1H3. The number of thiophene rings is 1. The lowest BCUT2D eigenvalue weighted by molar-refractivity contribution is -0.133. The fourth-order valence-electron chi connectivity index (χ4n) is 2.63. The minimum atomic E-state index is 0.222. The summed E-state index contributed by atoms with van der Waals surface area (Å²) in [5.74, 6) is 0.222. The Hall–Kier alpha value is -1.20. The van der Waals surface area contributed by atoms with E-state index in [1.807, 2.05) is 16.3 Å². The Kier molecular flexibility index (Phi) is 4.17. The van der Waals surface area contributed by atoms with E-state index in [0.717, 1.165) is 30.1 Å². The normalized spacial score (nSPS) is 19.2. The largest absolute Gasteiger partial charge is 0.340 e. The fourth-order valence-corrected chi connectivity index (χ4v) is 4.26. The number of amides is 1. The van der Waals surface area contributed by atoms with Gasteiger partial charge in [0.05, 0.1) is 17.0 Å². The first-order valence-electron chi connectivity index (χ1n) is 7.02. The highest BCUT2D eigenvalue weighted by Crippen LogP contribution is 2.28. The van der Waals surface area contributed by atoms with E-state index >= 15 is 0 Å². The molecule has 1 aliphatic rings. The Morgan fingerprint density at radius 2 is 2.35 bits per heavy atom. The van der Waals surface area contributed by atoms with Crippen LogP contribution in [0.15, 0.2) is 22.9 Å². The predicted molar refractivity (Wildman–Crippen MR) is 84.2 cm³/mol. The van der Waals surface area contributed by atoms with Gasteiger partial charge in [0.1, 0.15) is 5.01 Å². The Bertz CT molecular complexity index is 576. The Labute approximate surface area is 127 Å². The highest BCUT2D eigenvalue weighted by Gasteiger charge is 2.23. The summed E-state index contributed by atoms with van der Waals surface area (Å²) in [6, 6.07) is 4.48. The van der Waals surface area contributed by atoms with Gasteiger partial charge in [-0.15, -0.1) is 22.7 Å². The number of hydrogen-bond acceptors (Lipinski definition) is 4. The molecule has 3 nitrogen and oxygen atoms in total. The van der Waals surface area contributed by atoms with Crippen LogP contribution in [-0.2, 0) is 11.2 Å². The van der Waals surface area contributed by atoms with E-state index in [2.05, 4.69) is 23.4 Å². The monoisotopic (exact) mass is 306 g/mol. The number of rotatable bonds is 3. The van der Waals surface area contributed by atoms with Crippen LogP contribution in [0, 0.1) is 0 Å². The molecule has 1 atom stereocenters. The van der Waals surface area contributed by atoms with Crippen molar-refractivity contribution >= 4 is 28.6 Å². The van der Waals surface area contributed by atoms with Gasteiger partial charge >= 0.3 is 0 Å². The number of aromatic nitrogens is 1. The first-order chi connectivity index (χ1) is 9.74. The van der Waals surface area contributed by atoms with Crippen LogP contribution in [-0.4, -0.2) is 28.4 Å². The first-order valence-corrected chi connectivity index (χ1v) is 8.78. The average Bonchev–Trinajstić information content (AvgIpc) is 3.09. The molecule has 2 aromatic heterocycles. The summed E-state index contributed by atoms with van der Waals surface area (Å²) in [7, 11) is 0. The molecule has 106 valence electrons. The van der Waals surface area contributed by atoms with E-state index in [0.29, 0.717) is 12.5 Å². The van der Waals surface area contributed by atoms with Crippen LogP contribution >= 0.6 is 22.7 Å². The van der Waals surface area contributed by atoms with Crippen molar-refractivity contribution in [3.8, 4) is 9.88 Å². The molecule has 0 aromatic carbocycles. The number of carbonyl (C=O) groups is 1. The zero-order chi connectivity index (χ0) is 13.9. The smallest absolute Gasteiger partial charge is 0.228 e. The maximum atomic E-state index is 12.4. The second kappa shape index (κ2) is 6.06. The van der Waals surface area contributed by atoms with E-state index < -0.39 is 0 Å². The Morgan fingerprint density at radius 3 is 3.10 bits per heavy atom. The molecule has 20 heavy (non-hydrogen) atoms. The van der Waals surface area contributed by atoms with Gasteiger partial charge < -0.3 is 4.90 Å². The molecule has 1 fully saturated rings. The van der Waals surface area contributed by atoms with Crippen molar-refractivity contribution in [3.63, 3.8) is 0 Å². The number of carbonyl (C=O) groups excluding carboxylic acids is 1. The lowest BCUT2D eigenvalue weighted by Gasteiger charge is -2.33. The van der Waals surface area contributed by atoms with E-state index in [1.54, 1.807) is 22.7 Å². The van der Waals surface area contributed by atoms with Crippen molar-refractivity contribution in [2.75, 3.05) is 6.54 Å². The van der Waals surface area contributed by atoms with Crippen LogP contribution in [0.3, 0.4) is 0 Å². The Balaban J connectivity index is 1.67. The minimum absolute atomic E-state index is 0.222. The van der Waals surface area contributed by atoms with E-state index in [9.17, 15) is 4.79 Å². The molecule has 1 saturated heterocycles. The molecule has 0 aliphatic carbocycles. The van der Waals surface area contributed by atoms with Gasteiger partial charge in [-0.2, -0.15) is 0 Å². The van der Waals surface area contributed by atoms with Crippen LogP contribution in [0.2, 0.25) is 0 Å². The Morgan fingerprint density at radius 1 is 1.45 bits per heavy atom. The lowest BCUT2D eigenvalue weighted by Crippen LogP contribution is -2.42. The summed E-state index contributed by atoms with van der Waals surface area (Å²) in [5.41, 5.74) is 0.904. The molecule has 3 heterocycles. The number of hydrogen-bond donors (Lipinski definition) is 0. The quantitative estimate of drug-likeness (QED) is 0.864. The maximum Gasteiger partial charge on any atom is 0.228 e. The van der Waals surface area contributed by atoms with Gasteiger partial charge in [-0.05, 0) is 37.6 Å². The van der Waals surface area contributed by atoms with Crippen molar-refractivity contribution in [2.24, 2.45) is 0 Å². The van der Waals surface area contributed by atoms with Crippen LogP contribution < -0.4 is 0 Å². The summed E-state index contributed by atoms with van der Waals surface area (Å²) in [6.07, 6.45) is 3.94. The van der Waals surface area contributed by atoms with Gasteiger partial charge in [-0.3, -0.25) is 4.79 Å². The first kappa shape index (κ1) is 13.8. The molecule has 1 unspecified atom stereocenters. The number of nitrogens with zero attached hydrogens (tertiary/aromatic N) is 2. The molecule has 0 bridgehead atoms. The van der Waals surface area contributed by atoms with Crippen molar-refractivity contribution < 1.29 is 4.79 Å². The molecule has 3 rings (SSSR count). The summed E-state index contributed by atoms with van der Waals surface area (Å²) in [5, 5.41) is 5.09. The zero-order valence-corrected chi connectivity index (χ0v) is 13.2. The van der Waals surface area contributed by atoms with Crippen molar-refractivity contribution in [3.05, 3.63) is 28.6 Å². The fraction of sp³-hybridized carbons (Fsp3) is 0.467. The number of thiazole rings is 1. The molecule has 0 N–H and O–H groups in total. The molecule has 0 saturated carbocycles. The molecular formula is C15H18N2OS2. The molecule has 5 heteroatoms. The van der Waals surface area contributed by atoms with Crippen LogP contribution in [0.5, 0.6) is 0 Å². The van der Waals surface area contributed by atoms with Gasteiger partial charge in [0, 0.05) is 18.0 Å². The predicted octanol–water partition coefficient (Wildman–Crippen LogP) is 3.82. The second-order valence-electron chi connectivity index (χ2n) is 5.23. The highest BCUT2D eigenvalue weighted by atomic mass is 32.1. The van der Waals surface area contributed by atoms with E-state index in [-0.39, 0.29) is 5.91 Å². The summed E-state index contributed by atoms with van der Waals surface area (Å²) >= 11 is 3.31. The van der Waals surface area contributed by atoms with Crippen LogP contribution in [0.25, 0.3) is 9.88 Å². The number of likely N-dealkylation sites (tertiary alicyclic amines) is 1. The summed E-state index contributed by atoms with van der Waals surface area (Å²) < 4.78 is 0. The topological polar surface area (TPSA) is 33.2 Å². The average molecular weight is 306 g/mol. The molecule has 2 aromatic rings. The maximum absolute atomic E-state index is 12.4. The van der Waals surface area contributed by atoms with Crippen LogP contribution in [0.1, 0.15) is 31.9 Å². The zero-order valence-electron chi connectivity index (χ0n) is 11.5. The molecule has 0 spiro atoms. The van der Waals surface area contributed by atoms with Gasteiger partial charge in [0.2, 0.25) is 5.91 Å².